The van der Waals surface area contributed by atoms with Crippen LogP contribution in [0.3, 0.4) is 0 Å². The second kappa shape index (κ2) is 11.0. The molecule has 2 amide bonds. The quantitative estimate of drug-likeness (QED) is 0.518. The summed E-state index contributed by atoms with van der Waals surface area (Å²) in [7, 11) is 0. The molecule has 4 rings (SSSR count). The number of urea groups is 1. The van der Waals surface area contributed by atoms with Gasteiger partial charge in [-0.3, -0.25) is 9.69 Å². The Morgan fingerprint density at radius 2 is 1.79 bits per heavy atom. The highest BCUT2D eigenvalue weighted by molar-refractivity contribution is 5.77. The highest BCUT2D eigenvalue weighted by Crippen LogP contribution is 2.13. The molecule has 174 valence electrons. The molecule has 2 heterocycles. The van der Waals surface area contributed by atoms with Gasteiger partial charge in [-0.1, -0.05) is 30.3 Å². The number of anilines is 1. The van der Waals surface area contributed by atoms with Crippen molar-refractivity contribution < 1.29 is 4.79 Å². The summed E-state index contributed by atoms with van der Waals surface area (Å²) in [5.74, 6) is 0.662. The van der Waals surface area contributed by atoms with E-state index in [1.807, 2.05) is 41.3 Å². The molecule has 1 fully saturated rings. The fraction of sp³-hybridized carbons (Fsp3) is 0.400. The number of rotatable bonds is 8. The van der Waals surface area contributed by atoms with Gasteiger partial charge >= 0.3 is 6.03 Å². The van der Waals surface area contributed by atoms with Gasteiger partial charge in [0.2, 0.25) is 0 Å². The van der Waals surface area contributed by atoms with Gasteiger partial charge in [0.15, 0.2) is 0 Å². The van der Waals surface area contributed by atoms with Gasteiger partial charge in [0.25, 0.3) is 5.56 Å². The molecular weight excluding hydrogens is 416 g/mol. The number of H-pyrrole nitrogens is 1. The number of amides is 2. The first-order valence-electron chi connectivity index (χ1n) is 11.7. The van der Waals surface area contributed by atoms with Crippen molar-refractivity contribution >= 4 is 22.6 Å². The lowest BCUT2D eigenvalue weighted by Gasteiger charge is -2.34. The van der Waals surface area contributed by atoms with Crippen molar-refractivity contribution in [2.45, 2.75) is 19.9 Å². The minimum Gasteiger partial charge on any atom is -0.372 e. The molecule has 33 heavy (non-hydrogen) atoms. The maximum Gasteiger partial charge on any atom is 0.317 e. The fourth-order valence-corrected chi connectivity index (χ4v) is 4.22. The van der Waals surface area contributed by atoms with Crippen molar-refractivity contribution in [2.75, 3.05) is 50.7 Å². The highest BCUT2D eigenvalue weighted by atomic mass is 16.2. The third kappa shape index (κ3) is 5.90. The standard InChI is InChI=1S/C25H32N6O2/c1-2-30(20-9-4-3-5-10-20)14-8-13-26-25(33)31-17-15-29(16-18-31)19-23-27-22-12-7-6-11-21(22)24(32)28-23/h3-7,9-12H,2,8,13-19H2,1H3,(H,26,33)(H,27,28,32). The van der Waals surface area contributed by atoms with Crippen molar-refractivity contribution in [3.63, 3.8) is 0 Å². The van der Waals surface area contributed by atoms with Gasteiger partial charge in [0.05, 0.1) is 17.4 Å². The number of nitrogens with one attached hydrogen (secondary N) is 2. The molecule has 0 saturated carbocycles. The summed E-state index contributed by atoms with van der Waals surface area (Å²) in [5, 5.41) is 3.66. The maximum atomic E-state index is 12.6. The van der Waals surface area contributed by atoms with E-state index in [0.29, 0.717) is 42.9 Å². The van der Waals surface area contributed by atoms with E-state index in [1.54, 1.807) is 6.07 Å². The molecule has 1 aliphatic heterocycles. The Morgan fingerprint density at radius 1 is 1.06 bits per heavy atom. The smallest absolute Gasteiger partial charge is 0.317 e. The molecule has 2 aromatic carbocycles. The van der Waals surface area contributed by atoms with Gasteiger partial charge in [0.1, 0.15) is 5.82 Å². The lowest BCUT2D eigenvalue weighted by Crippen LogP contribution is -2.51. The van der Waals surface area contributed by atoms with E-state index in [4.69, 9.17) is 0 Å². The molecule has 1 aromatic heterocycles. The Bertz CT molecular complexity index is 1110. The lowest BCUT2D eigenvalue weighted by atomic mass is 10.2. The van der Waals surface area contributed by atoms with Crippen LogP contribution in [0, 0.1) is 0 Å². The van der Waals surface area contributed by atoms with Crippen molar-refractivity contribution in [1.82, 2.24) is 25.1 Å². The topological polar surface area (TPSA) is 84.6 Å². The van der Waals surface area contributed by atoms with Crippen LogP contribution in [0.5, 0.6) is 0 Å². The van der Waals surface area contributed by atoms with Gasteiger partial charge in [-0.25, -0.2) is 9.78 Å². The molecule has 2 N–H and O–H groups in total. The number of carbonyl (C=O) groups is 1. The number of para-hydroxylation sites is 2. The van der Waals surface area contributed by atoms with Crippen molar-refractivity contribution in [3.8, 4) is 0 Å². The van der Waals surface area contributed by atoms with E-state index >= 15 is 0 Å². The second-order valence-corrected chi connectivity index (χ2v) is 8.29. The molecule has 8 nitrogen and oxygen atoms in total. The van der Waals surface area contributed by atoms with E-state index in [2.05, 4.69) is 44.1 Å². The number of aromatic amines is 1. The van der Waals surface area contributed by atoms with Gasteiger partial charge in [-0.05, 0) is 37.6 Å². The number of fused-ring (bicyclic) bond motifs is 1. The monoisotopic (exact) mass is 448 g/mol. The van der Waals surface area contributed by atoms with Gasteiger partial charge in [-0.2, -0.15) is 0 Å². The van der Waals surface area contributed by atoms with Crippen molar-refractivity contribution in [3.05, 3.63) is 70.8 Å². The van der Waals surface area contributed by atoms with Crippen LogP contribution in [-0.4, -0.2) is 71.6 Å². The number of hydrogen-bond acceptors (Lipinski definition) is 5. The molecule has 0 spiro atoms. The summed E-state index contributed by atoms with van der Waals surface area (Å²) in [4.78, 5) is 38.7. The largest absolute Gasteiger partial charge is 0.372 e. The number of hydrogen-bond donors (Lipinski definition) is 2. The maximum absolute atomic E-state index is 12.6. The van der Waals surface area contributed by atoms with Crippen LogP contribution < -0.4 is 15.8 Å². The van der Waals surface area contributed by atoms with Crippen LogP contribution >= 0.6 is 0 Å². The van der Waals surface area contributed by atoms with E-state index in [0.717, 1.165) is 32.6 Å². The van der Waals surface area contributed by atoms with Crippen LogP contribution in [0.15, 0.2) is 59.4 Å². The minimum absolute atomic E-state index is 0.00496. The number of nitrogens with zero attached hydrogens (tertiary/aromatic N) is 4. The minimum atomic E-state index is -0.109. The van der Waals surface area contributed by atoms with E-state index < -0.39 is 0 Å². The lowest BCUT2D eigenvalue weighted by molar-refractivity contribution is 0.133. The summed E-state index contributed by atoms with van der Waals surface area (Å²) >= 11 is 0. The first-order valence-corrected chi connectivity index (χ1v) is 11.7. The molecule has 0 unspecified atom stereocenters. The molecule has 0 atom stereocenters. The molecular formula is C25H32N6O2. The molecule has 1 aliphatic rings. The fourth-order valence-electron chi connectivity index (χ4n) is 4.22. The number of aromatic nitrogens is 2. The predicted octanol–water partition coefficient (Wildman–Crippen LogP) is 2.67. The van der Waals surface area contributed by atoms with Gasteiger partial charge in [0, 0.05) is 51.5 Å². The first-order chi connectivity index (χ1) is 16.1. The summed E-state index contributed by atoms with van der Waals surface area (Å²) in [6, 6.07) is 17.7. The number of piperazine rings is 1. The molecule has 0 radical (unpaired) electrons. The van der Waals surface area contributed by atoms with Crippen LogP contribution in [0.25, 0.3) is 10.9 Å². The Kier molecular flexibility index (Phi) is 7.57. The predicted molar refractivity (Wildman–Crippen MR) is 132 cm³/mol. The number of benzene rings is 2. The van der Waals surface area contributed by atoms with Crippen molar-refractivity contribution in [2.24, 2.45) is 0 Å². The summed E-state index contributed by atoms with van der Waals surface area (Å²) in [6.07, 6.45) is 0.898. The molecule has 0 bridgehead atoms. The zero-order chi connectivity index (χ0) is 23.0. The number of carbonyl (C=O) groups excluding carboxylic acids is 1. The SMILES string of the molecule is CCN(CCCNC(=O)N1CCN(Cc2nc3ccccc3c(=O)[nH]2)CC1)c1ccccc1. The van der Waals surface area contributed by atoms with Gasteiger partial charge in [-0.15, -0.1) is 0 Å². The van der Waals surface area contributed by atoms with E-state index in [9.17, 15) is 9.59 Å². The van der Waals surface area contributed by atoms with Crippen molar-refractivity contribution in [1.29, 1.82) is 0 Å². The second-order valence-electron chi connectivity index (χ2n) is 8.29. The molecule has 1 saturated heterocycles. The Balaban J connectivity index is 1.20. The molecule has 0 aliphatic carbocycles. The molecule has 3 aromatic rings. The zero-order valence-electron chi connectivity index (χ0n) is 19.2. The average Bonchev–Trinajstić information content (AvgIpc) is 2.85. The summed E-state index contributed by atoms with van der Waals surface area (Å²) < 4.78 is 0. The Labute approximate surface area is 194 Å². The van der Waals surface area contributed by atoms with Gasteiger partial charge < -0.3 is 20.1 Å². The van der Waals surface area contributed by atoms with Crippen LogP contribution in [0.4, 0.5) is 10.5 Å². The molecule has 8 heteroatoms. The van der Waals surface area contributed by atoms with E-state index in [-0.39, 0.29) is 11.6 Å². The van der Waals surface area contributed by atoms with Crippen LogP contribution in [-0.2, 0) is 6.54 Å². The normalized spacial score (nSPS) is 14.4. The summed E-state index contributed by atoms with van der Waals surface area (Å²) in [5.41, 5.74) is 1.82. The van der Waals surface area contributed by atoms with Crippen LogP contribution in [0.1, 0.15) is 19.2 Å². The average molecular weight is 449 g/mol. The third-order valence-corrected chi connectivity index (χ3v) is 6.08. The highest BCUT2D eigenvalue weighted by Gasteiger charge is 2.21. The zero-order valence-corrected chi connectivity index (χ0v) is 19.2. The van der Waals surface area contributed by atoms with Crippen LogP contribution in [0.2, 0.25) is 0 Å². The van der Waals surface area contributed by atoms with E-state index in [1.165, 1.54) is 5.69 Å². The third-order valence-electron chi connectivity index (χ3n) is 6.08. The first kappa shape index (κ1) is 22.8. The summed E-state index contributed by atoms with van der Waals surface area (Å²) in [6.45, 7) is 8.05. The Hall–Kier alpha value is -3.39. The Morgan fingerprint density at radius 3 is 2.55 bits per heavy atom.